The van der Waals surface area contributed by atoms with Gasteiger partial charge in [-0.2, -0.15) is 8.42 Å². The zero-order valence-electron chi connectivity index (χ0n) is 34.7. The van der Waals surface area contributed by atoms with Crippen LogP contribution in [0.15, 0.2) is 60.8 Å². The molecule has 0 saturated carbocycles. The Kier molecular flexibility index (Phi) is 31.5. The maximum atomic E-state index is 12.8. The number of unbranched alkanes of at least 4 members (excludes halogenated alkanes) is 12. The molecule has 1 rings (SSSR count). The summed E-state index contributed by atoms with van der Waals surface area (Å²) in [6.45, 7) is 3.58. The van der Waals surface area contributed by atoms with Gasteiger partial charge in [0.05, 0.1) is 6.61 Å². The van der Waals surface area contributed by atoms with Crippen molar-refractivity contribution in [3.05, 3.63) is 60.8 Å². The Morgan fingerprint density at radius 3 is 1.65 bits per heavy atom. The number of hydrogen-bond acceptors (Lipinski definition) is 11. The van der Waals surface area contributed by atoms with Crippen molar-refractivity contribution in [2.24, 2.45) is 0 Å². The predicted octanol–water partition coefficient (Wildman–Crippen LogP) is 8.17. The van der Waals surface area contributed by atoms with Gasteiger partial charge >= 0.3 is 11.9 Å². The average molecular weight is 827 g/mol. The molecule has 0 amide bonds. The Hall–Kier alpha value is -2.65. The molecule has 12 nitrogen and oxygen atoms in total. The van der Waals surface area contributed by atoms with Crippen LogP contribution in [-0.2, 0) is 38.7 Å². The molecule has 0 bridgehead atoms. The van der Waals surface area contributed by atoms with Gasteiger partial charge in [0.15, 0.2) is 12.4 Å². The molecule has 1 aliphatic heterocycles. The lowest BCUT2D eigenvalue weighted by molar-refractivity contribution is -0.297. The first-order valence-corrected chi connectivity index (χ1v) is 23.0. The molecular weight excluding hydrogens is 753 g/mol. The summed E-state index contributed by atoms with van der Waals surface area (Å²) in [5, 5.41) is 30.8. The van der Waals surface area contributed by atoms with Crippen molar-refractivity contribution in [1.82, 2.24) is 0 Å². The van der Waals surface area contributed by atoms with Crippen LogP contribution in [0.1, 0.15) is 149 Å². The molecule has 1 saturated heterocycles. The van der Waals surface area contributed by atoms with Gasteiger partial charge in [0, 0.05) is 12.8 Å². The normalized spacial score (nSPS) is 21.1. The van der Waals surface area contributed by atoms with Crippen molar-refractivity contribution in [3.63, 3.8) is 0 Å². The minimum Gasteiger partial charge on any atom is -0.462 e. The van der Waals surface area contributed by atoms with Crippen LogP contribution in [0, 0.1) is 0 Å². The molecule has 0 aromatic rings. The Bertz CT molecular complexity index is 1290. The lowest BCUT2D eigenvalue weighted by atomic mass is 10.00. The highest BCUT2D eigenvalue weighted by Crippen LogP contribution is 2.24. The van der Waals surface area contributed by atoms with Gasteiger partial charge in [0.1, 0.15) is 36.8 Å². The molecule has 1 aliphatic rings. The lowest BCUT2D eigenvalue weighted by Gasteiger charge is -2.40. The smallest absolute Gasteiger partial charge is 0.306 e. The van der Waals surface area contributed by atoms with Gasteiger partial charge in [-0.05, 0) is 57.8 Å². The Morgan fingerprint density at radius 1 is 0.614 bits per heavy atom. The number of aliphatic hydroxyl groups excluding tert-OH is 3. The highest BCUT2D eigenvalue weighted by Gasteiger charge is 2.46. The number of rotatable bonds is 34. The first kappa shape index (κ1) is 52.4. The molecule has 0 radical (unpaired) electrons. The molecular formula is C44H74O12S. The standard InChI is InChI=1S/C44H74O12S/c1-3-5-7-9-11-13-15-16-17-18-19-20-21-22-23-25-27-29-31-33-40(46)55-37(34-53-39(45)32-30-28-26-24-14-12-10-8-6-4-2)35-54-44-43(49)42(48)41(47)38(56-44)36-57(50,51)52/h5,7,11,13,16-17,19-20,22-23,37-38,41-44,47-49H,3-4,6,8-10,12,14-15,18,21,24-36H2,1-2H3,(H,50,51,52)/b7-5-,13-11-,17-16-,20-19-,23-22-. The zero-order chi connectivity index (χ0) is 42.0. The topological polar surface area (TPSA) is 186 Å². The van der Waals surface area contributed by atoms with E-state index in [2.05, 4.69) is 74.6 Å². The second-order valence-corrected chi connectivity index (χ2v) is 16.1. The maximum absolute atomic E-state index is 12.8. The van der Waals surface area contributed by atoms with Crippen molar-refractivity contribution in [3.8, 4) is 0 Å². The average Bonchev–Trinajstić information content (AvgIpc) is 3.17. The number of carbonyl (C=O) groups excluding carboxylic acids is 2. The summed E-state index contributed by atoms with van der Waals surface area (Å²) in [7, 11) is -4.61. The van der Waals surface area contributed by atoms with Crippen LogP contribution in [0.25, 0.3) is 0 Å². The molecule has 6 unspecified atom stereocenters. The molecule has 6 atom stereocenters. The van der Waals surface area contributed by atoms with E-state index >= 15 is 0 Å². The summed E-state index contributed by atoms with van der Waals surface area (Å²) < 4.78 is 53.9. The van der Waals surface area contributed by atoms with Crippen LogP contribution in [-0.4, -0.2) is 96.0 Å². The fourth-order valence-electron chi connectivity index (χ4n) is 6.05. The lowest BCUT2D eigenvalue weighted by Crippen LogP contribution is -2.60. The monoisotopic (exact) mass is 826 g/mol. The van der Waals surface area contributed by atoms with E-state index in [9.17, 15) is 37.9 Å². The van der Waals surface area contributed by atoms with Crippen LogP contribution in [0.5, 0.6) is 0 Å². The molecule has 1 fully saturated rings. The van der Waals surface area contributed by atoms with E-state index in [0.29, 0.717) is 12.8 Å². The van der Waals surface area contributed by atoms with Gasteiger partial charge < -0.3 is 34.3 Å². The molecule has 57 heavy (non-hydrogen) atoms. The second kappa shape index (κ2) is 34.2. The number of ether oxygens (including phenoxy) is 4. The first-order chi connectivity index (χ1) is 27.5. The van der Waals surface area contributed by atoms with Gasteiger partial charge in [-0.3, -0.25) is 14.1 Å². The Labute approximate surface area is 343 Å². The van der Waals surface area contributed by atoms with Crippen molar-refractivity contribution >= 4 is 22.1 Å². The number of allylic oxidation sites excluding steroid dienone is 10. The van der Waals surface area contributed by atoms with E-state index in [1.807, 2.05) is 0 Å². The second-order valence-electron chi connectivity index (χ2n) is 14.6. The van der Waals surface area contributed by atoms with E-state index in [1.165, 1.54) is 38.5 Å². The summed E-state index contributed by atoms with van der Waals surface area (Å²) in [5.74, 6) is -2.03. The van der Waals surface area contributed by atoms with E-state index in [0.717, 1.165) is 70.6 Å². The third kappa shape index (κ3) is 29.2. The quantitative estimate of drug-likeness (QED) is 0.0211. The summed E-state index contributed by atoms with van der Waals surface area (Å²) in [6, 6.07) is 0. The van der Waals surface area contributed by atoms with Crippen LogP contribution < -0.4 is 0 Å². The van der Waals surface area contributed by atoms with Gasteiger partial charge in [-0.15, -0.1) is 0 Å². The van der Waals surface area contributed by atoms with Crippen molar-refractivity contribution in [2.45, 2.75) is 185 Å². The predicted molar refractivity (Wildman–Crippen MR) is 224 cm³/mol. The minimum absolute atomic E-state index is 0.124. The van der Waals surface area contributed by atoms with Gasteiger partial charge in [0.25, 0.3) is 10.1 Å². The summed E-state index contributed by atoms with van der Waals surface area (Å²) in [4.78, 5) is 25.3. The maximum Gasteiger partial charge on any atom is 0.306 e. The number of esters is 2. The van der Waals surface area contributed by atoms with Crippen LogP contribution in [0.2, 0.25) is 0 Å². The highest BCUT2D eigenvalue weighted by atomic mass is 32.2. The molecule has 1 heterocycles. The molecule has 0 aromatic heterocycles. The largest absolute Gasteiger partial charge is 0.462 e. The number of hydrogen-bond donors (Lipinski definition) is 4. The number of carbonyl (C=O) groups is 2. The van der Waals surface area contributed by atoms with E-state index < -0.39 is 71.2 Å². The molecule has 13 heteroatoms. The van der Waals surface area contributed by atoms with E-state index in [1.54, 1.807) is 0 Å². The Morgan fingerprint density at radius 2 is 1.11 bits per heavy atom. The third-order valence-electron chi connectivity index (χ3n) is 9.36. The van der Waals surface area contributed by atoms with Crippen LogP contribution in [0.4, 0.5) is 0 Å². The highest BCUT2D eigenvalue weighted by molar-refractivity contribution is 7.85. The van der Waals surface area contributed by atoms with Gasteiger partial charge in [-0.25, -0.2) is 0 Å². The van der Waals surface area contributed by atoms with Gasteiger partial charge in [-0.1, -0.05) is 139 Å². The van der Waals surface area contributed by atoms with E-state index in [-0.39, 0.29) is 19.4 Å². The Balaban J connectivity index is 2.49. The van der Waals surface area contributed by atoms with Crippen LogP contribution >= 0.6 is 0 Å². The minimum atomic E-state index is -4.61. The fraction of sp³-hybridized carbons (Fsp3) is 0.727. The first-order valence-electron chi connectivity index (χ1n) is 21.3. The molecule has 0 aromatic carbocycles. The zero-order valence-corrected chi connectivity index (χ0v) is 35.5. The SMILES string of the molecule is CC/C=C\C/C=C\C/C=C\C/C=C\C/C=C\CCCCCC(=O)OC(COC(=O)CCCCCCCCCCCC)COC1OC(CS(=O)(=O)O)C(O)C(O)C1O. The molecule has 0 aliphatic carbocycles. The summed E-state index contributed by atoms with van der Waals surface area (Å²) in [6.07, 6.45) is 31.3. The van der Waals surface area contributed by atoms with Crippen molar-refractivity contribution in [2.75, 3.05) is 19.0 Å². The molecule has 328 valence electrons. The fourth-order valence-corrected chi connectivity index (χ4v) is 6.75. The number of aliphatic hydroxyl groups is 3. The molecule has 4 N–H and O–H groups in total. The summed E-state index contributed by atoms with van der Waals surface area (Å²) in [5.41, 5.74) is 0. The van der Waals surface area contributed by atoms with Crippen LogP contribution in [0.3, 0.4) is 0 Å². The van der Waals surface area contributed by atoms with E-state index in [4.69, 9.17) is 18.9 Å². The summed E-state index contributed by atoms with van der Waals surface area (Å²) >= 11 is 0. The van der Waals surface area contributed by atoms with Crippen molar-refractivity contribution < 1.29 is 56.8 Å². The third-order valence-corrected chi connectivity index (χ3v) is 10.1. The van der Waals surface area contributed by atoms with Gasteiger partial charge in [0.2, 0.25) is 0 Å². The van der Waals surface area contributed by atoms with Crippen molar-refractivity contribution in [1.29, 1.82) is 0 Å². The molecule has 0 spiro atoms.